The van der Waals surface area contributed by atoms with Crippen LogP contribution in [0.25, 0.3) is 37.8 Å². The fraction of sp³-hybridized carbons (Fsp3) is 0.344. The van der Waals surface area contributed by atoms with E-state index in [1.54, 1.807) is 36.2 Å². The lowest BCUT2D eigenvalue weighted by molar-refractivity contribution is -0.131. The Morgan fingerprint density at radius 1 is 1.17 bits per heavy atom. The van der Waals surface area contributed by atoms with Crippen molar-refractivity contribution in [3.05, 3.63) is 77.3 Å². The zero-order valence-electron chi connectivity index (χ0n) is 25.7. The van der Waals surface area contributed by atoms with E-state index in [0.717, 1.165) is 5.39 Å². The first kappa shape index (κ1) is 37.0. The molecule has 1 amide bonds. The van der Waals surface area contributed by atoms with Gasteiger partial charge in [0, 0.05) is 54.3 Å². The minimum absolute atomic E-state index is 0. The number of piperazine rings is 1. The van der Waals surface area contributed by atoms with E-state index in [0.29, 0.717) is 16.0 Å². The fourth-order valence-electron chi connectivity index (χ4n) is 6.16. The molecule has 6 rings (SSSR count). The Labute approximate surface area is 293 Å². The molecule has 0 spiro atoms. The maximum atomic E-state index is 16.6. The SMILES string of the molecule is S.S.[C-]#[N+]C[C@H]1CN(c2nc(OC[C@@H]3CC(F)(F)CN3C)nc3c(F)c(-c4cccc5cccc(Cl)c45)ncc23)CCN1C(=O)C(=C)F. The van der Waals surface area contributed by atoms with Crippen molar-refractivity contribution in [3.8, 4) is 17.3 Å². The molecule has 16 heteroatoms. The standard InChI is InChI=1S/C32H28ClF4N7O2.2H2S/c1-18(34)30(45)44-11-10-43(15-21(44)13-38-2)29-23-14-39-27(22-8-4-6-19-7-5-9-24(33)25(19)22)26(35)28(23)40-31(41-29)46-16-20-12-32(36,37)17-42(20)3;;/h4-9,14,20-21H,1,10-13,15-17H2,3H3;2*1H2/t20-,21-;;/m0../s1. The lowest BCUT2D eigenvalue weighted by Crippen LogP contribution is -2.56. The number of amides is 1. The highest BCUT2D eigenvalue weighted by Gasteiger charge is 2.43. The highest BCUT2D eigenvalue weighted by Crippen LogP contribution is 2.38. The third-order valence-electron chi connectivity index (χ3n) is 8.37. The van der Waals surface area contributed by atoms with Crippen LogP contribution >= 0.6 is 38.6 Å². The maximum Gasteiger partial charge on any atom is 0.319 e. The Bertz CT molecular complexity index is 1910. The third kappa shape index (κ3) is 7.12. The molecule has 2 atom stereocenters. The zero-order chi connectivity index (χ0) is 32.7. The number of alkyl halides is 2. The molecular weight excluding hydrogens is 690 g/mol. The van der Waals surface area contributed by atoms with Crippen LogP contribution in [0.5, 0.6) is 6.01 Å². The van der Waals surface area contributed by atoms with E-state index in [-0.39, 0.29) is 88.2 Å². The Hall–Kier alpha value is -3.84. The summed E-state index contributed by atoms with van der Waals surface area (Å²) >= 11 is 6.53. The number of pyridine rings is 1. The lowest BCUT2D eigenvalue weighted by Gasteiger charge is -2.39. The van der Waals surface area contributed by atoms with E-state index < -0.39 is 48.5 Å². The van der Waals surface area contributed by atoms with Crippen LogP contribution in [-0.4, -0.2) is 95.0 Å². The molecule has 4 aromatic rings. The summed E-state index contributed by atoms with van der Waals surface area (Å²) in [5, 5.41) is 2.02. The summed E-state index contributed by atoms with van der Waals surface area (Å²) in [5.74, 6) is -5.48. The second-order valence-corrected chi connectivity index (χ2v) is 11.8. The van der Waals surface area contributed by atoms with Crippen molar-refractivity contribution in [3.63, 3.8) is 0 Å². The van der Waals surface area contributed by atoms with Crippen molar-refractivity contribution in [2.45, 2.75) is 24.4 Å². The number of ether oxygens (including phenoxy) is 1. The average molecular weight is 722 g/mol. The Morgan fingerprint density at radius 3 is 2.56 bits per heavy atom. The number of benzene rings is 2. The predicted octanol–water partition coefficient (Wildman–Crippen LogP) is 6.00. The molecule has 2 saturated heterocycles. The van der Waals surface area contributed by atoms with Gasteiger partial charge in [-0.25, -0.2) is 24.1 Å². The van der Waals surface area contributed by atoms with Crippen LogP contribution in [0, 0.1) is 12.4 Å². The van der Waals surface area contributed by atoms with Crippen LogP contribution < -0.4 is 9.64 Å². The molecule has 9 nitrogen and oxygen atoms in total. The number of likely N-dealkylation sites (tertiary alicyclic amines) is 1. The second kappa shape index (κ2) is 14.7. The van der Waals surface area contributed by atoms with Gasteiger partial charge in [0.05, 0.1) is 11.9 Å². The van der Waals surface area contributed by atoms with Crippen LogP contribution in [0.2, 0.25) is 5.02 Å². The van der Waals surface area contributed by atoms with Crippen molar-refractivity contribution in [2.75, 3.05) is 51.3 Å². The zero-order valence-corrected chi connectivity index (χ0v) is 28.4. The summed E-state index contributed by atoms with van der Waals surface area (Å²) < 4.78 is 64.3. The van der Waals surface area contributed by atoms with Crippen molar-refractivity contribution in [2.24, 2.45) is 0 Å². The summed E-state index contributed by atoms with van der Waals surface area (Å²) in [7, 11) is 1.57. The molecule has 2 aromatic heterocycles. The smallest absolute Gasteiger partial charge is 0.319 e. The van der Waals surface area contributed by atoms with Gasteiger partial charge in [0.1, 0.15) is 29.7 Å². The summed E-state index contributed by atoms with van der Waals surface area (Å²) in [6.07, 6.45) is 1.01. The Balaban J connectivity index is 0.00000260. The monoisotopic (exact) mass is 721 g/mol. The summed E-state index contributed by atoms with van der Waals surface area (Å²) in [4.78, 5) is 33.7. The topological polar surface area (TPSA) is 79.1 Å². The molecule has 2 aliphatic heterocycles. The molecule has 0 aliphatic carbocycles. The van der Waals surface area contributed by atoms with Crippen molar-refractivity contribution < 1.29 is 27.1 Å². The number of likely N-dealkylation sites (N-methyl/N-ethyl adjacent to an activating group) is 1. The van der Waals surface area contributed by atoms with Gasteiger partial charge in [-0.05, 0) is 18.5 Å². The third-order valence-corrected chi connectivity index (χ3v) is 8.69. The van der Waals surface area contributed by atoms with E-state index in [1.165, 1.54) is 16.0 Å². The van der Waals surface area contributed by atoms with E-state index in [1.807, 2.05) is 12.1 Å². The van der Waals surface area contributed by atoms with Gasteiger partial charge >= 0.3 is 6.01 Å². The van der Waals surface area contributed by atoms with E-state index >= 15 is 4.39 Å². The number of hydrogen-bond acceptors (Lipinski definition) is 7. The summed E-state index contributed by atoms with van der Waals surface area (Å²) in [6, 6.07) is 9.06. The first-order valence-corrected chi connectivity index (χ1v) is 14.8. The lowest BCUT2D eigenvalue weighted by atomic mass is 10.0. The number of halogens is 5. The largest absolute Gasteiger partial charge is 0.462 e. The molecule has 2 fully saturated rings. The molecule has 0 bridgehead atoms. The predicted molar refractivity (Wildman–Crippen MR) is 187 cm³/mol. The van der Waals surface area contributed by atoms with Gasteiger partial charge in [-0.2, -0.15) is 37.0 Å². The number of carbonyl (C=O) groups is 1. The minimum atomic E-state index is -2.87. The number of rotatable bonds is 7. The van der Waals surface area contributed by atoms with Crippen molar-refractivity contribution >= 4 is 72.0 Å². The maximum absolute atomic E-state index is 16.6. The molecule has 4 heterocycles. The van der Waals surface area contributed by atoms with Gasteiger partial charge in [0.15, 0.2) is 11.6 Å². The van der Waals surface area contributed by atoms with Gasteiger partial charge in [-0.3, -0.25) is 14.7 Å². The molecule has 48 heavy (non-hydrogen) atoms. The average Bonchev–Trinajstić information content (AvgIpc) is 3.30. The van der Waals surface area contributed by atoms with Crippen LogP contribution in [0.4, 0.5) is 23.4 Å². The van der Waals surface area contributed by atoms with Crippen LogP contribution in [0.3, 0.4) is 0 Å². The fourth-order valence-corrected chi connectivity index (χ4v) is 6.44. The van der Waals surface area contributed by atoms with Gasteiger partial charge in [0.2, 0.25) is 6.54 Å². The van der Waals surface area contributed by atoms with Gasteiger partial charge in [-0.1, -0.05) is 48.5 Å². The van der Waals surface area contributed by atoms with E-state index in [4.69, 9.17) is 22.9 Å². The number of fused-ring (bicyclic) bond motifs is 2. The van der Waals surface area contributed by atoms with Gasteiger partial charge in [0.25, 0.3) is 11.8 Å². The molecule has 254 valence electrons. The molecule has 0 unspecified atom stereocenters. The number of carbonyl (C=O) groups excluding carboxylic acids is 1. The molecular formula is C32H32ClF4N7O2S2. The van der Waals surface area contributed by atoms with Crippen LogP contribution in [-0.2, 0) is 4.79 Å². The van der Waals surface area contributed by atoms with E-state index in [2.05, 4.69) is 26.4 Å². The highest BCUT2D eigenvalue weighted by molar-refractivity contribution is 7.59. The van der Waals surface area contributed by atoms with Crippen LogP contribution in [0.15, 0.2) is 55.0 Å². The Morgan fingerprint density at radius 2 is 1.90 bits per heavy atom. The normalized spacial score (nSPS) is 19.0. The first-order chi connectivity index (χ1) is 22.0. The summed E-state index contributed by atoms with van der Waals surface area (Å²) in [5.41, 5.74) is 0.298. The van der Waals surface area contributed by atoms with Gasteiger partial charge in [-0.15, -0.1) is 0 Å². The highest BCUT2D eigenvalue weighted by atomic mass is 35.5. The van der Waals surface area contributed by atoms with Crippen molar-refractivity contribution in [1.82, 2.24) is 24.8 Å². The van der Waals surface area contributed by atoms with Gasteiger partial charge < -0.3 is 19.4 Å². The quantitative estimate of drug-likeness (QED) is 0.132. The Kier molecular flexibility index (Phi) is 11.4. The van der Waals surface area contributed by atoms with E-state index in [9.17, 15) is 18.0 Å². The van der Waals surface area contributed by atoms with Crippen LogP contribution in [0.1, 0.15) is 6.42 Å². The second-order valence-electron chi connectivity index (χ2n) is 11.4. The number of aromatic nitrogens is 3. The molecule has 0 radical (unpaired) electrons. The number of nitrogens with zero attached hydrogens (tertiary/aromatic N) is 7. The molecule has 0 N–H and O–H groups in total. The summed E-state index contributed by atoms with van der Waals surface area (Å²) in [6.45, 7) is 10.0. The molecule has 2 aromatic carbocycles. The number of hydrogen-bond donors (Lipinski definition) is 0. The molecule has 0 saturated carbocycles. The minimum Gasteiger partial charge on any atom is -0.462 e. The molecule has 2 aliphatic rings. The first-order valence-electron chi connectivity index (χ1n) is 14.5. The number of anilines is 1. The van der Waals surface area contributed by atoms with Crippen molar-refractivity contribution in [1.29, 1.82) is 0 Å².